The maximum atomic E-state index is 13.3. The molecule has 1 atom stereocenters. The highest BCUT2D eigenvalue weighted by Crippen LogP contribution is 2.36. The van der Waals surface area contributed by atoms with Crippen LogP contribution in [0.25, 0.3) is 10.9 Å². The Morgan fingerprint density at radius 3 is 2.46 bits per heavy atom. The Morgan fingerprint density at radius 1 is 1.07 bits per heavy atom. The zero-order valence-corrected chi connectivity index (χ0v) is 16.7. The molecule has 1 aliphatic rings. The average molecular weight is 394 g/mol. The van der Waals surface area contributed by atoms with Crippen LogP contribution in [0.1, 0.15) is 30.6 Å². The van der Waals surface area contributed by atoms with Crippen LogP contribution < -0.4 is 5.56 Å². The molecule has 1 unspecified atom stereocenters. The second-order valence-electron chi connectivity index (χ2n) is 6.90. The normalized spacial score (nSPS) is 15.1. The molecule has 0 radical (unpaired) electrons. The Kier molecular flexibility index (Phi) is 5.48. The summed E-state index contributed by atoms with van der Waals surface area (Å²) in [7, 11) is 0. The van der Waals surface area contributed by atoms with E-state index >= 15 is 0 Å². The van der Waals surface area contributed by atoms with E-state index in [0.29, 0.717) is 22.6 Å². The third kappa shape index (κ3) is 3.56. The molecule has 2 aromatic carbocycles. The van der Waals surface area contributed by atoms with Gasteiger partial charge in [-0.25, -0.2) is 4.98 Å². The molecule has 144 valence electrons. The molecule has 1 aliphatic heterocycles. The fourth-order valence-corrected chi connectivity index (χ4v) is 4.86. The lowest BCUT2D eigenvalue weighted by atomic mass is 10.1. The number of rotatable bonds is 5. The van der Waals surface area contributed by atoms with E-state index in [1.54, 1.807) is 10.6 Å². The van der Waals surface area contributed by atoms with Crippen molar-refractivity contribution in [3.05, 3.63) is 70.5 Å². The van der Waals surface area contributed by atoms with Gasteiger partial charge in [0.2, 0.25) is 5.91 Å². The first-order valence-electron chi connectivity index (χ1n) is 9.69. The highest BCUT2D eigenvalue weighted by molar-refractivity contribution is 8.00. The Balaban J connectivity index is 1.78. The number of benzene rings is 2. The molecule has 4 rings (SSSR count). The molecular weight excluding hydrogens is 370 g/mol. The van der Waals surface area contributed by atoms with Crippen LogP contribution >= 0.6 is 11.8 Å². The fourth-order valence-electron chi connectivity index (χ4n) is 3.61. The van der Waals surface area contributed by atoms with Crippen LogP contribution in [0.2, 0.25) is 0 Å². The van der Waals surface area contributed by atoms with Crippen molar-refractivity contribution in [2.45, 2.75) is 36.7 Å². The Labute approximate surface area is 168 Å². The minimum Gasteiger partial charge on any atom is -0.341 e. The molecule has 0 bridgehead atoms. The second kappa shape index (κ2) is 8.19. The van der Waals surface area contributed by atoms with Gasteiger partial charge in [-0.3, -0.25) is 14.2 Å². The first-order valence-corrected chi connectivity index (χ1v) is 10.6. The SMILES string of the molecule is CCn1c(SC(C(=O)N2CCCC2)c2ccccc2)nc2ccccc2c1=O. The molecule has 1 amide bonds. The zero-order valence-electron chi connectivity index (χ0n) is 15.9. The third-order valence-electron chi connectivity index (χ3n) is 5.11. The fraction of sp³-hybridized carbons (Fsp3) is 0.318. The van der Waals surface area contributed by atoms with E-state index in [-0.39, 0.29) is 11.5 Å². The lowest BCUT2D eigenvalue weighted by Gasteiger charge is -2.24. The van der Waals surface area contributed by atoms with Crippen LogP contribution in [0.3, 0.4) is 0 Å². The summed E-state index contributed by atoms with van der Waals surface area (Å²) in [5, 5.41) is 0.786. The zero-order chi connectivity index (χ0) is 19.5. The van der Waals surface area contributed by atoms with Crippen molar-refractivity contribution in [3.63, 3.8) is 0 Å². The standard InChI is InChI=1S/C22H23N3O2S/c1-2-25-20(26)17-12-6-7-13-18(17)23-22(25)28-19(16-10-4-3-5-11-16)21(27)24-14-8-9-15-24/h3-7,10-13,19H,2,8-9,14-15H2,1H3. The molecule has 5 nitrogen and oxygen atoms in total. The van der Waals surface area contributed by atoms with Gasteiger partial charge in [0, 0.05) is 19.6 Å². The third-order valence-corrected chi connectivity index (χ3v) is 6.34. The summed E-state index contributed by atoms with van der Waals surface area (Å²) in [5.74, 6) is 0.0961. The van der Waals surface area contributed by atoms with E-state index in [1.165, 1.54) is 11.8 Å². The Morgan fingerprint density at radius 2 is 1.75 bits per heavy atom. The first kappa shape index (κ1) is 18.7. The van der Waals surface area contributed by atoms with E-state index in [1.807, 2.05) is 60.4 Å². The minimum absolute atomic E-state index is 0.0592. The summed E-state index contributed by atoms with van der Waals surface area (Å²) in [6, 6.07) is 17.2. The van der Waals surface area contributed by atoms with Crippen molar-refractivity contribution in [3.8, 4) is 0 Å². The van der Waals surface area contributed by atoms with Gasteiger partial charge in [0.05, 0.1) is 10.9 Å². The van der Waals surface area contributed by atoms with Gasteiger partial charge in [0.15, 0.2) is 5.16 Å². The molecule has 0 N–H and O–H groups in total. The van der Waals surface area contributed by atoms with Gasteiger partial charge in [-0.05, 0) is 37.5 Å². The molecule has 2 heterocycles. The number of likely N-dealkylation sites (tertiary alicyclic amines) is 1. The maximum absolute atomic E-state index is 13.3. The molecule has 0 spiro atoms. The van der Waals surface area contributed by atoms with Crippen LogP contribution in [0.15, 0.2) is 64.5 Å². The smallest absolute Gasteiger partial charge is 0.262 e. The number of thioether (sulfide) groups is 1. The molecule has 3 aromatic rings. The predicted octanol–water partition coefficient (Wildman–Crippen LogP) is 3.87. The number of para-hydroxylation sites is 1. The first-order chi connectivity index (χ1) is 13.7. The minimum atomic E-state index is -0.412. The molecule has 6 heteroatoms. The summed E-state index contributed by atoms with van der Waals surface area (Å²) in [5.41, 5.74) is 1.55. The van der Waals surface area contributed by atoms with Gasteiger partial charge in [-0.1, -0.05) is 54.2 Å². The number of hydrogen-bond donors (Lipinski definition) is 0. The van der Waals surface area contributed by atoms with Gasteiger partial charge in [-0.15, -0.1) is 0 Å². The van der Waals surface area contributed by atoms with Crippen LogP contribution in [-0.4, -0.2) is 33.4 Å². The summed E-state index contributed by atoms with van der Waals surface area (Å²) < 4.78 is 1.67. The largest absolute Gasteiger partial charge is 0.341 e. The number of aromatic nitrogens is 2. The van der Waals surface area contributed by atoms with Gasteiger partial charge >= 0.3 is 0 Å². The summed E-state index contributed by atoms with van der Waals surface area (Å²) in [6.07, 6.45) is 2.09. The Bertz CT molecular complexity index is 1040. The number of amides is 1. The van der Waals surface area contributed by atoms with E-state index in [4.69, 9.17) is 4.98 Å². The highest BCUT2D eigenvalue weighted by atomic mass is 32.2. The number of nitrogens with zero attached hydrogens (tertiary/aromatic N) is 3. The van der Waals surface area contributed by atoms with E-state index < -0.39 is 5.25 Å². The van der Waals surface area contributed by atoms with Crippen LogP contribution in [0.4, 0.5) is 0 Å². The van der Waals surface area contributed by atoms with E-state index in [0.717, 1.165) is 31.5 Å². The maximum Gasteiger partial charge on any atom is 0.262 e. The van der Waals surface area contributed by atoms with Crippen molar-refractivity contribution in [2.24, 2.45) is 0 Å². The molecule has 0 saturated carbocycles. The predicted molar refractivity (Wildman–Crippen MR) is 113 cm³/mol. The molecule has 1 fully saturated rings. The van der Waals surface area contributed by atoms with E-state index in [9.17, 15) is 9.59 Å². The number of hydrogen-bond acceptors (Lipinski definition) is 4. The van der Waals surface area contributed by atoms with E-state index in [2.05, 4.69) is 0 Å². The summed E-state index contributed by atoms with van der Waals surface area (Å²) in [4.78, 5) is 32.9. The lowest BCUT2D eigenvalue weighted by Crippen LogP contribution is -2.32. The monoisotopic (exact) mass is 393 g/mol. The lowest BCUT2D eigenvalue weighted by molar-refractivity contribution is -0.129. The molecule has 28 heavy (non-hydrogen) atoms. The quantitative estimate of drug-likeness (QED) is 0.488. The molecule has 1 saturated heterocycles. The Hall–Kier alpha value is -2.60. The molecular formula is C22H23N3O2S. The number of carbonyl (C=O) groups is 1. The van der Waals surface area contributed by atoms with Crippen molar-refractivity contribution in [1.29, 1.82) is 0 Å². The van der Waals surface area contributed by atoms with Crippen LogP contribution in [-0.2, 0) is 11.3 Å². The van der Waals surface area contributed by atoms with Gasteiger partial charge in [0.1, 0.15) is 5.25 Å². The highest BCUT2D eigenvalue weighted by Gasteiger charge is 2.30. The summed E-state index contributed by atoms with van der Waals surface area (Å²) in [6.45, 7) is 4.04. The molecule has 1 aromatic heterocycles. The summed E-state index contributed by atoms with van der Waals surface area (Å²) >= 11 is 1.38. The van der Waals surface area contributed by atoms with Gasteiger partial charge in [-0.2, -0.15) is 0 Å². The van der Waals surface area contributed by atoms with Crippen molar-refractivity contribution in [2.75, 3.05) is 13.1 Å². The average Bonchev–Trinajstić information content (AvgIpc) is 3.27. The van der Waals surface area contributed by atoms with Gasteiger partial charge < -0.3 is 4.90 Å². The second-order valence-corrected chi connectivity index (χ2v) is 7.97. The molecule has 0 aliphatic carbocycles. The van der Waals surface area contributed by atoms with Crippen LogP contribution in [0.5, 0.6) is 0 Å². The van der Waals surface area contributed by atoms with Crippen molar-refractivity contribution < 1.29 is 4.79 Å². The van der Waals surface area contributed by atoms with Gasteiger partial charge in [0.25, 0.3) is 5.56 Å². The van der Waals surface area contributed by atoms with Crippen molar-refractivity contribution in [1.82, 2.24) is 14.5 Å². The van der Waals surface area contributed by atoms with Crippen LogP contribution in [0, 0.1) is 0 Å². The number of fused-ring (bicyclic) bond motifs is 1. The number of carbonyl (C=O) groups excluding carboxylic acids is 1. The topological polar surface area (TPSA) is 55.2 Å². The van der Waals surface area contributed by atoms with Crippen molar-refractivity contribution >= 4 is 28.6 Å².